The number of aryl methyl sites for hydroxylation is 3. The number of pyridine rings is 1. The maximum atomic E-state index is 12.5. The summed E-state index contributed by atoms with van der Waals surface area (Å²) in [6.45, 7) is 4.21. The first-order valence-electron chi connectivity index (χ1n) is 7.21. The first-order chi connectivity index (χ1) is 11.1. The second-order valence-corrected chi connectivity index (χ2v) is 6.44. The number of anilines is 1. The van der Waals surface area contributed by atoms with Gasteiger partial charge in [0, 0.05) is 35.9 Å². The van der Waals surface area contributed by atoms with Crippen molar-refractivity contribution in [1.82, 2.24) is 14.5 Å². The maximum Gasteiger partial charge on any atom is 0.262 e. The molecule has 0 fully saturated rings. The third kappa shape index (κ3) is 3.14. The van der Waals surface area contributed by atoms with E-state index in [2.05, 4.69) is 15.3 Å². The quantitative estimate of drug-likeness (QED) is 0.798. The summed E-state index contributed by atoms with van der Waals surface area (Å²) < 4.78 is 1.49. The number of nitrogens with zero attached hydrogens (tertiary/aromatic N) is 3. The van der Waals surface area contributed by atoms with E-state index in [1.165, 1.54) is 22.2 Å². The van der Waals surface area contributed by atoms with Gasteiger partial charge in [-0.3, -0.25) is 19.1 Å². The highest BCUT2D eigenvalue weighted by Gasteiger charge is 2.12. The Kier molecular flexibility index (Phi) is 4.20. The summed E-state index contributed by atoms with van der Waals surface area (Å²) in [6, 6.07) is 3.43. The van der Waals surface area contributed by atoms with Crippen LogP contribution in [0.5, 0.6) is 0 Å². The minimum absolute atomic E-state index is 0.0893. The molecule has 23 heavy (non-hydrogen) atoms. The van der Waals surface area contributed by atoms with E-state index in [1.807, 2.05) is 13.8 Å². The molecule has 1 amide bonds. The number of hydrogen-bond acceptors (Lipinski definition) is 5. The SMILES string of the molecule is Cc1sc2ncn(CCC(=O)Nc3ccncc3)c(=O)c2c1C. The van der Waals surface area contributed by atoms with Crippen LogP contribution in [0.4, 0.5) is 5.69 Å². The standard InChI is InChI=1S/C16H16N4O2S/c1-10-11(2)23-15-14(10)16(22)20(9-18-15)8-5-13(21)19-12-3-6-17-7-4-12/h3-4,6-7,9H,5,8H2,1-2H3,(H,17,19,21). The van der Waals surface area contributed by atoms with Crippen LogP contribution in [0.1, 0.15) is 16.9 Å². The largest absolute Gasteiger partial charge is 0.326 e. The highest BCUT2D eigenvalue weighted by molar-refractivity contribution is 7.18. The zero-order valence-corrected chi connectivity index (χ0v) is 13.7. The van der Waals surface area contributed by atoms with E-state index in [9.17, 15) is 9.59 Å². The highest BCUT2D eigenvalue weighted by Crippen LogP contribution is 2.25. The number of thiophene rings is 1. The van der Waals surface area contributed by atoms with Crippen LogP contribution < -0.4 is 10.9 Å². The smallest absolute Gasteiger partial charge is 0.262 e. The minimum Gasteiger partial charge on any atom is -0.326 e. The Bertz CT molecular complexity index is 915. The molecule has 3 rings (SSSR count). The zero-order valence-electron chi connectivity index (χ0n) is 12.9. The average molecular weight is 328 g/mol. The third-order valence-corrected chi connectivity index (χ3v) is 4.81. The predicted octanol–water partition coefficient (Wildman–Crippen LogP) is 2.50. The fourth-order valence-electron chi connectivity index (χ4n) is 2.31. The maximum absolute atomic E-state index is 12.5. The van der Waals surface area contributed by atoms with Crippen LogP contribution in [0.15, 0.2) is 35.6 Å². The van der Waals surface area contributed by atoms with E-state index < -0.39 is 0 Å². The van der Waals surface area contributed by atoms with Crippen LogP contribution in [0.25, 0.3) is 10.2 Å². The van der Waals surface area contributed by atoms with Crippen LogP contribution in [-0.4, -0.2) is 20.4 Å². The lowest BCUT2D eigenvalue weighted by molar-refractivity contribution is -0.116. The van der Waals surface area contributed by atoms with Crippen LogP contribution in [0.2, 0.25) is 0 Å². The molecule has 3 aromatic rings. The van der Waals surface area contributed by atoms with Crippen molar-refractivity contribution < 1.29 is 4.79 Å². The van der Waals surface area contributed by atoms with Gasteiger partial charge in [0.15, 0.2) is 0 Å². The van der Waals surface area contributed by atoms with Gasteiger partial charge in [-0.25, -0.2) is 4.98 Å². The van der Waals surface area contributed by atoms with Gasteiger partial charge in [0.1, 0.15) is 4.83 Å². The molecule has 6 nitrogen and oxygen atoms in total. The number of rotatable bonds is 4. The van der Waals surface area contributed by atoms with E-state index in [1.54, 1.807) is 24.5 Å². The Labute approximate surface area is 136 Å². The fourth-order valence-corrected chi connectivity index (χ4v) is 3.30. The molecule has 0 atom stereocenters. The molecule has 0 radical (unpaired) electrons. The monoisotopic (exact) mass is 328 g/mol. The highest BCUT2D eigenvalue weighted by atomic mass is 32.1. The van der Waals surface area contributed by atoms with Gasteiger partial charge in [-0.1, -0.05) is 0 Å². The number of nitrogens with one attached hydrogen (secondary N) is 1. The predicted molar refractivity (Wildman–Crippen MR) is 90.8 cm³/mol. The van der Waals surface area contributed by atoms with Crippen molar-refractivity contribution in [2.75, 3.05) is 5.32 Å². The number of fused-ring (bicyclic) bond motifs is 1. The van der Waals surface area contributed by atoms with Crippen molar-refractivity contribution in [3.05, 3.63) is 51.6 Å². The van der Waals surface area contributed by atoms with E-state index in [4.69, 9.17) is 0 Å². The van der Waals surface area contributed by atoms with Gasteiger partial charge in [0.05, 0.1) is 11.7 Å². The van der Waals surface area contributed by atoms with Gasteiger partial charge in [0.2, 0.25) is 5.91 Å². The molecule has 0 aromatic carbocycles. The normalized spacial score (nSPS) is 10.9. The molecule has 7 heteroatoms. The molecule has 3 aromatic heterocycles. The van der Waals surface area contributed by atoms with Gasteiger partial charge in [0.25, 0.3) is 5.56 Å². The van der Waals surface area contributed by atoms with Gasteiger partial charge in [-0.2, -0.15) is 0 Å². The van der Waals surface area contributed by atoms with Gasteiger partial charge >= 0.3 is 0 Å². The molecule has 0 unspecified atom stereocenters. The van der Waals surface area contributed by atoms with Gasteiger partial charge < -0.3 is 5.32 Å². The Morgan fingerprint density at radius 2 is 2.04 bits per heavy atom. The van der Waals surface area contributed by atoms with Gasteiger partial charge in [-0.05, 0) is 31.5 Å². The second-order valence-electron chi connectivity index (χ2n) is 5.24. The summed E-state index contributed by atoms with van der Waals surface area (Å²) in [6.07, 6.45) is 4.94. The van der Waals surface area contributed by atoms with E-state index in [0.717, 1.165) is 15.3 Å². The average Bonchev–Trinajstić information content (AvgIpc) is 2.83. The van der Waals surface area contributed by atoms with Crippen molar-refractivity contribution >= 4 is 33.1 Å². The minimum atomic E-state index is -0.151. The molecule has 3 heterocycles. The Morgan fingerprint density at radius 3 is 2.78 bits per heavy atom. The Morgan fingerprint density at radius 1 is 1.30 bits per heavy atom. The number of carbonyl (C=O) groups excluding carboxylic acids is 1. The summed E-state index contributed by atoms with van der Waals surface area (Å²) in [5.74, 6) is -0.151. The summed E-state index contributed by atoms with van der Waals surface area (Å²) in [7, 11) is 0. The lowest BCUT2D eigenvalue weighted by Gasteiger charge is -2.07. The molecule has 1 N–H and O–H groups in total. The topological polar surface area (TPSA) is 76.9 Å². The van der Waals surface area contributed by atoms with E-state index >= 15 is 0 Å². The molecular formula is C16H16N4O2S. The van der Waals surface area contributed by atoms with Crippen LogP contribution in [-0.2, 0) is 11.3 Å². The molecule has 0 spiro atoms. The molecule has 0 aliphatic heterocycles. The van der Waals surface area contributed by atoms with Gasteiger partial charge in [-0.15, -0.1) is 11.3 Å². The molecule has 0 aliphatic carbocycles. The van der Waals surface area contributed by atoms with Crippen molar-refractivity contribution in [2.45, 2.75) is 26.8 Å². The second kappa shape index (κ2) is 6.29. The molecule has 118 valence electrons. The van der Waals surface area contributed by atoms with Crippen LogP contribution in [0, 0.1) is 13.8 Å². The van der Waals surface area contributed by atoms with Crippen molar-refractivity contribution in [1.29, 1.82) is 0 Å². The lowest BCUT2D eigenvalue weighted by atomic mass is 10.2. The summed E-state index contributed by atoms with van der Waals surface area (Å²) in [4.78, 5) is 34.6. The Balaban J connectivity index is 1.75. The number of aromatic nitrogens is 3. The molecule has 0 bridgehead atoms. The van der Waals surface area contributed by atoms with Crippen molar-refractivity contribution in [2.24, 2.45) is 0 Å². The molecule has 0 aliphatic rings. The number of amides is 1. The summed E-state index contributed by atoms with van der Waals surface area (Å²) in [5.41, 5.74) is 1.57. The summed E-state index contributed by atoms with van der Waals surface area (Å²) in [5, 5.41) is 3.43. The van der Waals surface area contributed by atoms with Crippen molar-refractivity contribution in [3.8, 4) is 0 Å². The third-order valence-electron chi connectivity index (χ3n) is 3.70. The first-order valence-corrected chi connectivity index (χ1v) is 8.03. The van der Waals surface area contributed by atoms with E-state index in [-0.39, 0.29) is 17.9 Å². The molecule has 0 saturated heterocycles. The Hall–Kier alpha value is -2.54. The van der Waals surface area contributed by atoms with Crippen LogP contribution >= 0.6 is 11.3 Å². The van der Waals surface area contributed by atoms with Crippen LogP contribution in [0.3, 0.4) is 0 Å². The number of hydrogen-bond donors (Lipinski definition) is 1. The molecular weight excluding hydrogens is 312 g/mol. The van der Waals surface area contributed by atoms with E-state index in [0.29, 0.717) is 17.6 Å². The fraction of sp³-hybridized carbons (Fsp3) is 0.250. The lowest BCUT2D eigenvalue weighted by Crippen LogP contribution is -2.23. The number of carbonyl (C=O) groups is 1. The summed E-state index contributed by atoms with van der Waals surface area (Å²) >= 11 is 1.52. The zero-order chi connectivity index (χ0) is 16.4. The molecule has 0 saturated carbocycles. The first kappa shape index (κ1) is 15.4. The van der Waals surface area contributed by atoms with Crippen molar-refractivity contribution in [3.63, 3.8) is 0 Å².